The lowest BCUT2D eigenvalue weighted by Gasteiger charge is -2.15. The van der Waals surface area contributed by atoms with Gasteiger partial charge in [0.15, 0.2) is 0 Å². The lowest BCUT2D eigenvalue weighted by atomic mass is 10.1. The van der Waals surface area contributed by atoms with Crippen LogP contribution in [0.1, 0.15) is 36.8 Å². The Balaban J connectivity index is 1.49. The highest BCUT2D eigenvalue weighted by molar-refractivity contribution is 9.11. The molecule has 0 bridgehead atoms. The van der Waals surface area contributed by atoms with Crippen LogP contribution >= 0.6 is 55.8 Å². The zero-order chi connectivity index (χ0) is 25.8. The molecule has 1 heterocycles. The van der Waals surface area contributed by atoms with Crippen LogP contribution in [0.3, 0.4) is 0 Å². The molecule has 0 aliphatic carbocycles. The van der Waals surface area contributed by atoms with E-state index in [1.807, 2.05) is 0 Å². The Bertz CT molecular complexity index is 1190. The van der Waals surface area contributed by atoms with E-state index in [1.165, 1.54) is 23.1 Å². The third kappa shape index (κ3) is 7.31. The van der Waals surface area contributed by atoms with E-state index in [9.17, 15) is 27.9 Å². The fourth-order valence-electron chi connectivity index (χ4n) is 3.31. The van der Waals surface area contributed by atoms with Gasteiger partial charge in [-0.25, -0.2) is 0 Å². The highest BCUT2D eigenvalue weighted by atomic mass is 79.9. The minimum Gasteiger partial charge on any atom is -0.506 e. The maximum absolute atomic E-state index is 13.1. The van der Waals surface area contributed by atoms with Crippen LogP contribution in [0.5, 0.6) is 5.75 Å². The van der Waals surface area contributed by atoms with Gasteiger partial charge in [-0.2, -0.15) is 13.2 Å². The van der Waals surface area contributed by atoms with E-state index in [4.69, 9.17) is 12.2 Å². The van der Waals surface area contributed by atoms with Crippen molar-refractivity contribution in [3.8, 4) is 5.75 Å². The Morgan fingerprint density at radius 2 is 1.89 bits per heavy atom. The fraction of sp³-hybridized carbons (Fsp3) is 0.261. The minimum atomic E-state index is -4.55. The molecular weight excluding hydrogens is 633 g/mol. The molecule has 1 aliphatic heterocycles. The van der Waals surface area contributed by atoms with Crippen molar-refractivity contribution in [2.24, 2.45) is 0 Å². The summed E-state index contributed by atoms with van der Waals surface area (Å²) in [5.41, 5.74) is -0.693. The van der Waals surface area contributed by atoms with Gasteiger partial charge in [0.2, 0.25) is 5.91 Å². The molecule has 5 nitrogen and oxygen atoms in total. The number of nitrogens with one attached hydrogen (secondary N) is 1. The van der Waals surface area contributed by atoms with E-state index >= 15 is 0 Å². The van der Waals surface area contributed by atoms with Crippen molar-refractivity contribution in [1.82, 2.24) is 4.90 Å². The summed E-state index contributed by atoms with van der Waals surface area (Å²) < 4.78 is 40.8. The smallest absolute Gasteiger partial charge is 0.418 e. The third-order valence-electron chi connectivity index (χ3n) is 5.01. The average Bonchev–Trinajstić information content (AvgIpc) is 3.03. The number of benzene rings is 2. The summed E-state index contributed by atoms with van der Waals surface area (Å²) >= 11 is 13.1. The van der Waals surface area contributed by atoms with Crippen molar-refractivity contribution < 1.29 is 27.9 Å². The van der Waals surface area contributed by atoms with E-state index in [0.717, 1.165) is 22.3 Å². The van der Waals surface area contributed by atoms with Crippen molar-refractivity contribution in [3.05, 3.63) is 61.4 Å². The Kier molecular flexibility index (Phi) is 9.41. The molecule has 186 valence electrons. The summed E-state index contributed by atoms with van der Waals surface area (Å²) in [4.78, 5) is 26.7. The molecule has 2 N–H and O–H groups in total. The predicted octanol–water partition coefficient (Wildman–Crippen LogP) is 7.34. The van der Waals surface area contributed by atoms with Crippen LogP contribution in [-0.4, -0.2) is 32.7 Å². The second-order valence-electron chi connectivity index (χ2n) is 7.56. The monoisotopic (exact) mass is 650 g/mol. The highest BCUT2D eigenvalue weighted by Crippen LogP contribution is 2.38. The van der Waals surface area contributed by atoms with Crippen LogP contribution in [0.25, 0.3) is 6.08 Å². The van der Waals surface area contributed by atoms with E-state index in [0.29, 0.717) is 45.1 Å². The lowest BCUT2D eigenvalue weighted by Crippen LogP contribution is -2.29. The maximum Gasteiger partial charge on any atom is 0.418 e. The number of halogens is 5. The zero-order valence-corrected chi connectivity index (χ0v) is 22.8. The number of thiocarbonyl (C=S) groups is 1. The summed E-state index contributed by atoms with van der Waals surface area (Å²) in [6, 6.07) is 8.21. The van der Waals surface area contributed by atoms with Gasteiger partial charge in [0, 0.05) is 23.0 Å². The van der Waals surface area contributed by atoms with Crippen LogP contribution in [0.2, 0.25) is 0 Å². The second-order valence-corrected chi connectivity index (χ2v) is 11.0. The Morgan fingerprint density at radius 3 is 2.60 bits per heavy atom. The van der Waals surface area contributed by atoms with Crippen LogP contribution in [0.15, 0.2) is 50.2 Å². The van der Waals surface area contributed by atoms with Gasteiger partial charge in [-0.1, -0.05) is 58.5 Å². The average molecular weight is 652 g/mol. The van der Waals surface area contributed by atoms with E-state index in [2.05, 4.69) is 37.2 Å². The first kappa shape index (κ1) is 27.7. The molecule has 2 amide bonds. The number of hydrogen-bond donors (Lipinski definition) is 2. The number of thioether (sulfide) groups is 1. The molecule has 1 saturated heterocycles. The van der Waals surface area contributed by atoms with Crippen molar-refractivity contribution in [2.45, 2.75) is 31.9 Å². The molecular formula is C23H19Br2F3N2O3S2. The molecule has 1 aliphatic rings. The molecule has 35 heavy (non-hydrogen) atoms. The summed E-state index contributed by atoms with van der Waals surface area (Å²) in [6.45, 7) is 0.356. The zero-order valence-electron chi connectivity index (χ0n) is 18.0. The van der Waals surface area contributed by atoms with Crippen LogP contribution < -0.4 is 5.32 Å². The highest BCUT2D eigenvalue weighted by Gasteiger charge is 2.34. The van der Waals surface area contributed by atoms with Crippen LogP contribution in [0.4, 0.5) is 18.9 Å². The number of anilines is 1. The molecule has 3 rings (SSSR count). The number of phenolic OH excluding ortho intramolecular Hbond substituents is 1. The van der Waals surface area contributed by atoms with Gasteiger partial charge in [-0.3, -0.25) is 14.5 Å². The second kappa shape index (κ2) is 11.9. The van der Waals surface area contributed by atoms with E-state index in [1.54, 1.807) is 18.2 Å². The van der Waals surface area contributed by atoms with Gasteiger partial charge in [0.05, 0.1) is 20.6 Å². The number of rotatable bonds is 8. The summed E-state index contributed by atoms with van der Waals surface area (Å²) in [7, 11) is 0. The topological polar surface area (TPSA) is 69.6 Å². The largest absolute Gasteiger partial charge is 0.506 e. The number of alkyl halides is 3. The number of nitrogens with zero attached hydrogens (tertiary/aromatic N) is 1. The normalized spacial score (nSPS) is 15.2. The number of unbranched alkanes of at least 4 members (excludes halogenated alkanes) is 2. The van der Waals surface area contributed by atoms with Gasteiger partial charge < -0.3 is 10.4 Å². The molecule has 0 spiro atoms. The lowest BCUT2D eigenvalue weighted by molar-refractivity contribution is -0.137. The van der Waals surface area contributed by atoms with E-state index in [-0.39, 0.29) is 23.8 Å². The van der Waals surface area contributed by atoms with Gasteiger partial charge >= 0.3 is 6.18 Å². The van der Waals surface area contributed by atoms with Crippen molar-refractivity contribution in [3.63, 3.8) is 0 Å². The van der Waals surface area contributed by atoms with Gasteiger partial charge in [0.25, 0.3) is 5.91 Å². The minimum absolute atomic E-state index is 0.00889. The molecule has 0 radical (unpaired) electrons. The SMILES string of the molecule is O=C(CCCCCN1C(=O)/C(=C/c2cc(Br)cc(Br)c2O)SC1=S)Nc1ccccc1C(F)(F)F. The Morgan fingerprint density at radius 1 is 1.17 bits per heavy atom. The predicted molar refractivity (Wildman–Crippen MR) is 142 cm³/mol. The van der Waals surface area contributed by atoms with E-state index < -0.39 is 17.6 Å². The quantitative estimate of drug-likeness (QED) is 0.178. The third-order valence-corrected chi connectivity index (χ3v) is 7.45. The van der Waals surface area contributed by atoms with Gasteiger partial charge in [-0.05, 0) is 59.1 Å². The first-order chi connectivity index (χ1) is 16.5. The maximum atomic E-state index is 13.1. The molecule has 2 aromatic carbocycles. The standard InChI is InChI=1S/C23H19Br2F3N2O3S2/c24-14-10-13(20(32)16(25)12-14)11-18-21(33)30(22(34)35-18)9-5-1-2-8-19(31)29-17-7-4-3-6-15(17)23(26,27)28/h3-4,6-7,10-12,32H,1-2,5,8-9H2,(H,29,31)/b18-11-. The molecule has 2 aromatic rings. The number of phenols is 1. The van der Waals surface area contributed by atoms with Crippen molar-refractivity contribution in [1.29, 1.82) is 0 Å². The number of amides is 2. The van der Waals surface area contributed by atoms with Gasteiger partial charge in [-0.15, -0.1) is 0 Å². The summed E-state index contributed by atoms with van der Waals surface area (Å²) in [6.07, 6.45) is -1.31. The van der Waals surface area contributed by atoms with Crippen LogP contribution in [0, 0.1) is 0 Å². The number of hydrogen-bond acceptors (Lipinski definition) is 5. The van der Waals surface area contributed by atoms with Crippen LogP contribution in [-0.2, 0) is 15.8 Å². The molecule has 12 heteroatoms. The summed E-state index contributed by atoms with van der Waals surface area (Å²) in [5.74, 6) is -0.762. The van der Waals surface area contributed by atoms with Gasteiger partial charge in [0.1, 0.15) is 10.1 Å². The number of carbonyl (C=O) groups is 2. The summed E-state index contributed by atoms with van der Waals surface area (Å²) in [5, 5.41) is 12.5. The number of para-hydroxylation sites is 1. The molecule has 1 fully saturated rings. The number of carbonyl (C=O) groups excluding carboxylic acids is 2. The Hall–Kier alpha value is -1.89. The molecule has 0 aromatic heterocycles. The molecule has 0 unspecified atom stereocenters. The molecule has 0 saturated carbocycles. The molecule has 0 atom stereocenters. The Labute approximate surface area is 226 Å². The van der Waals surface area contributed by atoms with Crippen molar-refractivity contribution >= 4 is 83.7 Å². The first-order valence-electron chi connectivity index (χ1n) is 10.4. The van der Waals surface area contributed by atoms with Crippen molar-refractivity contribution in [2.75, 3.05) is 11.9 Å². The fourth-order valence-corrected chi connectivity index (χ4v) is 5.87. The number of aromatic hydroxyl groups is 1. The first-order valence-corrected chi connectivity index (χ1v) is 13.2.